The molecule has 2 aromatic rings. The standard InChI is InChI=1S/C31H38F5N3O4S/c32-30(33,23-13-11-22(12-14-23)29(17-18-29)31(34,35)36)26(28(40)39-19-15-24(37)16-20-39)27(21-7-3-1-4-8-21)43-38-44(41,42)25-9-5-2-6-10-25/h2,5-6,9-14,21,24,26-27,38H,1,3-4,7-8,15-20,37H2. The van der Waals surface area contributed by atoms with E-state index in [4.69, 9.17) is 10.6 Å². The van der Waals surface area contributed by atoms with Crippen molar-refractivity contribution in [2.45, 2.75) is 92.3 Å². The van der Waals surface area contributed by atoms with Crippen LogP contribution in [0.3, 0.4) is 0 Å². The van der Waals surface area contributed by atoms with Crippen LogP contribution in [0.5, 0.6) is 0 Å². The predicted molar refractivity (Wildman–Crippen MR) is 153 cm³/mol. The largest absolute Gasteiger partial charge is 0.398 e. The summed E-state index contributed by atoms with van der Waals surface area (Å²) in [7, 11) is -4.29. The topological polar surface area (TPSA) is 102 Å². The maximum Gasteiger partial charge on any atom is 0.398 e. The highest BCUT2D eigenvalue weighted by Crippen LogP contribution is 2.59. The smallest absolute Gasteiger partial charge is 0.342 e. The Balaban J connectivity index is 1.52. The Morgan fingerprint density at radius 3 is 2.05 bits per heavy atom. The summed E-state index contributed by atoms with van der Waals surface area (Å²) in [5.74, 6) is -7.55. The molecule has 1 amide bonds. The zero-order valence-corrected chi connectivity index (χ0v) is 25.1. The second kappa shape index (κ2) is 12.6. The Bertz CT molecular complexity index is 1390. The van der Waals surface area contributed by atoms with Gasteiger partial charge in [-0.05, 0) is 62.1 Å². The monoisotopic (exact) mass is 643 g/mol. The third-order valence-corrected chi connectivity index (χ3v) is 10.6. The zero-order chi connectivity index (χ0) is 31.8. The molecule has 2 saturated carbocycles. The number of halogens is 5. The van der Waals surface area contributed by atoms with Crippen molar-refractivity contribution in [2.75, 3.05) is 13.1 Å². The highest BCUT2D eigenvalue weighted by molar-refractivity contribution is 7.89. The number of likely N-dealkylation sites (tertiary alicyclic amines) is 1. The number of hydrogen-bond donors (Lipinski definition) is 2. The SMILES string of the molecule is NC1CCN(C(=O)C(C(ONS(=O)(=O)c2ccccc2)C2CCCCC2)C(F)(F)c2ccc(C3(C(F)(F)F)CC3)cc2)CC1. The van der Waals surface area contributed by atoms with Crippen LogP contribution in [0.1, 0.15) is 68.9 Å². The molecule has 1 aliphatic heterocycles. The van der Waals surface area contributed by atoms with Gasteiger partial charge in [-0.1, -0.05) is 66.6 Å². The average molecular weight is 644 g/mol. The first-order chi connectivity index (χ1) is 20.8. The van der Waals surface area contributed by atoms with Crippen LogP contribution in [0, 0.1) is 11.8 Å². The van der Waals surface area contributed by atoms with Gasteiger partial charge in [0, 0.05) is 24.7 Å². The van der Waals surface area contributed by atoms with Crippen LogP contribution in [-0.4, -0.2) is 50.6 Å². The van der Waals surface area contributed by atoms with Crippen molar-refractivity contribution in [3.8, 4) is 0 Å². The van der Waals surface area contributed by atoms with Crippen molar-refractivity contribution in [1.29, 1.82) is 0 Å². The summed E-state index contributed by atoms with van der Waals surface area (Å²) in [5, 5.41) is 0. The van der Waals surface area contributed by atoms with Crippen LogP contribution in [0.2, 0.25) is 0 Å². The minimum Gasteiger partial charge on any atom is -0.342 e. The second-order valence-corrected chi connectivity index (χ2v) is 13.9. The molecule has 3 fully saturated rings. The van der Waals surface area contributed by atoms with E-state index in [-0.39, 0.29) is 42.4 Å². The quantitative estimate of drug-likeness (QED) is 0.252. The molecular formula is C31H38F5N3O4S. The molecule has 1 heterocycles. The van der Waals surface area contributed by atoms with E-state index in [1.165, 1.54) is 29.2 Å². The van der Waals surface area contributed by atoms with Gasteiger partial charge < -0.3 is 10.6 Å². The molecule has 0 radical (unpaired) electrons. The first-order valence-corrected chi connectivity index (χ1v) is 16.6. The molecule has 5 rings (SSSR count). The van der Waals surface area contributed by atoms with Gasteiger partial charge in [-0.3, -0.25) is 9.63 Å². The van der Waals surface area contributed by atoms with Crippen LogP contribution in [-0.2, 0) is 31.0 Å². The zero-order valence-electron chi connectivity index (χ0n) is 24.2. The van der Waals surface area contributed by atoms with Gasteiger partial charge in [0.25, 0.3) is 15.9 Å². The molecule has 242 valence electrons. The molecule has 0 bridgehead atoms. The van der Waals surface area contributed by atoms with Gasteiger partial charge in [0.05, 0.1) is 10.3 Å². The van der Waals surface area contributed by atoms with Gasteiger partial charge in [0.1, 0.15) is 12.0 Å². The van der Waals surface area contributed by atoms with E-state index in [0.717, 1.165) is 30.7 Å². The van der Waals surface area contributed by atoms with E-state index >= 15 is 8.78 Å². The number of nitrogens with two attached hydrogens (primary N) is 1. The van der Waals surface area contributed by atoms with Crippen LogP contribution < -0.4 is 10.6 Å². The predicted octanol–water partition coefficient (Wildman–Crippen LogP) is 5.80. The molecule has 2 unspecified atom stereocenters. The molecule has 2 aliphatic carbocycles. The van der Waals surface area contributed by atoms with Crippen molar-refractivity contribution in [1.82, 2.24) is 9.79 Å². The van der Waals surface area contributed by atoms with Gasteiger partial charge in [-0.15, -0.1) is 0 Å². The number of carbonyl (C=O) groups excluding carboxylic acids is 1. The molecule has 2 atom stereocenters. The number of nitrogens with zero attached hydrogens (tertiary/aromatic N) is 1. The lowest BCUT2D eigenvalue weighted by Gasteiger charge is -2.41. The maximum absolute atomic E-state index is 16.8. The fourth-order valence-corrected chi connectivity index (χ4v) is 7.39. The molecule has 3 aliphatic rings. The Morgan fingerprint density at radius 1 is 0.909 bits per heavy atom. The minimum absolute atomic E-state index is 0.104. The van der Waals surface area contributed by atoms with Crippen molar-refractivity contribution < 1.29 is 40.0 Å². The number of carbonyl (C=O) groups is 1. The van der Waals surface area contributed by atoms with Crippen molar-refractivity contribution in [3.63, 3.8) is 0 Å². The molecule has 2 aromatic carbocycles. The summed E-state index contributed by atoms with van der Waals surface area (Å²) in [6.07, 6.45) is -2.37. The van der Waals surface area contributed by atoms with E-state index in [1.807, 2.05) is 4.89 Å². The normalized spacial score (nSPS) is 21.5. The van der Waals surface area contributed by atoms with Crippen LogP contribution in [0.15, 0.2) is 59.5 Å². The lowest BCUT2D eigenvalue weighted by atomic mass is 9.76. The van der Waals surface area contributed by atoms with E-state index in [2.05, 4.69) is 0 Å². The molecule has 1 saturated heterocycles. The van der Waals surface area contributed by atoms with Crippen molar-refractivity contribution in [3.05, 3.63) is 65.7 Å². The number of benzene rings is 2. The average Bonchev–Trinajstić information content (AvgIpc) is 3.83. The molecule has 44 heavy (non-hydrogen) atoms. The van der Waals surface area contributed by atoms with Crippen molar-refractivity contribution in [2.24, 2.45) is 17.6 Å². The van der Waals surface area contributed by atoms with E-state index in [0.29, 0.717) is 38.5 Å². The highest BCUT2D eigenvalue weighted by atomic mass is 32.2. The number of hydrogen-bond acceptors (Lipinski definition) is 5. The summed E-state index contributed by atoms with van der Waals surface area (Å²) in [6.45, 7) is 0.291. The first-order valence-electron chi connectivity index (χ1n) is 15.1. The minimum atomic E-state index is -4.51. The second-order valence-electron chi connectivity index (χ2n) is 12.3. The van der Waals surface area contributed by atoms with Crippen LogP contribution in [0.4, 0.5) is 22.0 Å². The molecule has 0 spiro atoms. The number of alkyl halides is 5. The maximum atomic E-state index is 16.8. The molecular weight excluding hydrogens is 605 g/mol. The third-order valence-electron chi connectivity index (χ3n) is 9.41. The summed E-state index contributed by atoms with van der Waals surface area (Å²) >= 11 is 0. The summed E-state index contributed by atoms with van der Waals surface area (Å²) in [6, 6.07) is 11.1. The number of amides is 1. The van der Waals surface area contributed by atoms with E-state index in [1.54, 1.807) is 6.07 Å². The summed E-state index contributed by atoms with van der Waals surface area (Å²) < 4.78 is 101. The Morgan fingerprint density at radius 2 is 1.50 bits per heavy atom. The lowest BCUT2D eigenvalue weighted by molar-refractivity contribution is -0.183. The third kappa shape index (κ3) is 6.66. The molecule has 13 heteroatoms. The molecule has 7 nitrogen and oxygen atoms in total. The van der Waals surface area contributed by atoms with Crippen LogP contribution >= 0.6 is 0 Å². The lowest BCUT2D eigenvalue weighted by Crippen LogP contribution is -2.55. The van der Waals surface area contributed by atoms with E-state index in [9.17, 15) is 26.4 Å². The van der Waals surface area contributed by atoms with Crippen molar-refractivity contribution >= 4 is 15.9 Å². The summed E-state index contributed by atoms with van der Waals surface area (Å²) in [5.41, 5.74) is 3.20. The Labute approximate surface area is 254 Å². The van der Waals surface area contributed by atoms with Gasteiger partial charge >= 0.3 is 6.18 Å². The molecule has 0 aromatic heterocycles. The Kier molecular flexibility index (Phi) is 9.42. The van der Waals surface area contributed by atoms with Gasteiger partial charge in [-0.25, -0.2) is 17.2 Å². The molecule has 3 N–H and O–H groups in total. The number of sulfonamides is 1. The number of piperidine rings is 1. The van der Waals surface area contributed by atoms with E-state index < -0.39 is 56.9 Å². The van der Waals surface area contributed by atoms with Gasteiger partial charge in [0.15, 0.2) is 0 Å². The fourth-order valence-electron chi connectivity index (χ4n) is 6.54. The van der Waals surface area contributed by atoms with Gasteiger partial charge in [-0.2, -0.15) is 13.2 Å². The van der Waals surface area contributed by atoms with Crippen LogP contribution in [0.25, 0.3) is 0 Å². The highest BCUT2D eigenvalue weighted by Gasteiger charge is 2.64. The number of rotatable bonds is 10. The Hall–Kier alpha value is -2.61. The van der Waals surface area contributed by atoms with Gasteiger partial charge in [0.2, 0.25) is 5.91 Å². The first kappa shape index (κ1) is 32.8. The summed E-state index contributed by atoms with van der Waals surface area (Å²) in [4.78, 5) is 23.0. The number of nitrogens with one attached hydrogen (secondary N) is 1. The fraction of sp³-hybridized carbons (Fsp3) is 0.581.